The van der Waals surface area contributed by atoms with Crippen LogP contribution in [0.4, 0.5) is 0 Å². The van der Waals surface area contributed by atoms with E-state index in [4.69, 9.17) is 9.57 Å². The van der Waals surface area contributed by atoms with Crippen molar-refractivity contribution in [2.45, 2.75) is 26.3 Å². The highest BCUT2D eigenvalue weighted by atomic mass is 32.2. The number of ether oxygens (including phenoxy) is 1. The van der Waals surface area contributed by atoms with Crippen molar-refractivity contribution in [3.8, 4) is 0 Å². The molecule has 0 bridgehead atoms. The van der Waals surface area contributed by atoms with Gasteiger partial charge in [-0.1, -0.05) is 13.8 Å². The molecule has 0 aromatic heterocycles. The zero-order valence-corrected chi connectivity index (χ0v) is 10.2. The van der Waals surface area contributed by atoms with Crippen molar-refractivity contribution in [2.24, 2.45) is 5.41 Å². The topological polar surface area (TPSA) is 30.5 Å². The minimum absolute atomic E-state index is 0.346. The molecule has 1 N–H and O–H groups in total. The van der Waals surface area contributed by atoms with Crippen molar-refractivity contribution in [2.75, 3.05) is 31.8 Å². The van der Waals surface area contributed by atoms with Crippen molar-refractivity contribution in [3.05, 3.63) is 0 Å². The van der Waals surface area contributed by atoms with Crippen LogP contribution in [-0.2, 0) is 9.57 Å². The number of thioether (sulfide) groups is 1. The molecule has 0 aromatic rings. The average Bonchev–Trinajstić information content (AvgIpc) is 2.14. The zero-order chi connectivity index (χ0) is 10.4. The molecule has 0 aliphatic carbocycles. The Bertz CT molecular complexity index is 164. The van der Waals surface area contributed by atoms with E-state index in [9.17, 15) is 0 Å². The van der Waals surface area contributed by atoms with Crippen molar-refractivity contribution in [3.63, 3.8) is 0 Å². The number of hydrogen-bond acceptors (Lipinski definition) is 4. The van der Waals surface area contributed by atoms with E-state index in [0.717, 1.165) is 5.75 Å². The van der Waals surface area contributed by atoms with Crippen LogP contribution in [0.1, 0.15) is 20.3 Å². The van der Waals surface area contributed by atoms with E-state index in [1.165, 1.54) is 12.2 Å². The molecule has 1 fully saturated rings. The van der Waals surface area contributed by atoms with Crippen LogP contribution in [-0.4, -0.2) is 37.9 Å². The smallest absolute Gasteiger partial charge is 0.0916 e. The monoisotopic (exact) mass is 219 g/mol. The Kier molecular flexibility index (Phi) is 5.23. The third-order valence-corrected chi connectivity index (χ3v) is 3.80. The van der Waals surface area contributed by atoms with Gasteiger partial charge in [0.1, 0.15) is 0 Å². The Morgan fingerprint density at radius 1 is 1.43 bits per heavy atom. The van der Waals surface area contributed by atoms with Gasteiger partial charge in [-0.25, -0.2) is 0 Å². The summed E-state index contributed by atoms with van der Waals surface area (Å²) >= 11 is 2.00. The number of rotatable bonds is 5. The summed E-state index contributed by atoms with van der Waals surface area (Å²) in [6.45, 7) is 5.86. The van der Waals surface area contributed by atoms with Crippen LogP contribution in [0, 0.1) is 5.41 Å². The van der Waals surface area contributed by atoms with Crippen LogP contribution in [0.3, 0.4) is 0 Å². The minimum Gasteiger partial charge on any atom is -0.382 e. The van der Waals surface area contributed by atoms with E-state index in [1.807, 2.05) is 11.8 Å². The molecular weight excluding hydrogens is 198 g/mol. The molecule has 4 heteroatoms. The van der Waals surface area contributed by atoms with Crippen LogP contribution < -0.4 is 5.48 Å². The number of hydroxylamine groups is 1. The third-order valence-electron chi connectivity index (χ3n) is 2.73. The molecule has 1 rings (SSSR count). The lowest BCUT2D eigenvalue weighted by atomic mass is 9.83. The summed E-state index contributed by atoms with van der Waals surface area (Å²) in [4.78, 5) is 5.36. The first-order valence-corrected chi connectivity index (χ1v) is 6.26. The van der Waals surface area contributed by atoms with Gasteiger partial charge in [-0.15, -0.1) is 0 Å². The fraction of sp³-hybridized carbons (Fsp3) is 1.00. The summed E-state index contributed by atoms with van der Waals surface area (Å²) in [6.07, 6.45) is 1.25. The molecule has 1 heterocycles. The molecule has 1 unspecified atom stereocenters. The zero-order valence-electron chi connectivity index (χ0n) is 9.34. The van der Waals surface area contributed by atoms with E-state index in [2.05, 4.69) is 19.3 Å². The Morgan fingerprint density at radius 2 is 2.21 bits per heavy atom. The fourth-order valence-corrected chi connectivity index (χ4v) is 3.01. The standard InChI is InChI=1S/C10H21NO2S/c1-10(2)4-7-14-8-9(10)11-13-6-5-12-3/h9,11H,4-8H2,1-3H3. The normalized spacial score (nSPS) is 26.4. The molecule has 0 saturated carbocycles. The van der Waals surface area contributed by atoms with Crippen LogP contribution >= 0.6 is 11.8 Å². The van der Waals surface area contributed by atoms with Gasteiger partial charge in [0, 0.05) is 18.9 Å². The second-order valence-electron chi connectivity index (χ2n) is 4.33. The van der Waals surface area contributed by atoms with Crippen LogP contribution in [0.5, 0.6) is 0 Å². The number of nitrogens with one attached hydrogen (secondary N) is 1. The molecule has 1 aliphatic rings. The molecule has 0 spiro atoms. The Labute approximate surface area is 90.9 Å². The largest absolute Gasteiger partial charge is 0.382 e. The summed E-state index contributed by atoms with van der Waals surface area (Å²) in [5, 5.41) is 0. The molecule has 84 valence electrons. The van der Waals surface area contributed by atoms with Gasteiger partial charge in [0.15, 0.2) is 0 Å². The van der Waals surface area contributed by atoms with Crippen LogP contribution in [0.15, 0.2) is 0 Å². The maximum absolute atomic E-state index is 5.36. The van der Waals surface area contributed by atoms with E-state index < -0.39 is 0 Å². The first kappa shape index (κ1) is 12.3. The third kappa shape index (κ3) is 3.77. The quantitative estimate of drug-likeness (QED) is 0.563. The van der Waals surface area contributed by atoms with Crippen molar-refractivity contribution >= 4 is 11.8 Å². The van der Waals surface area contributed by atoms with Gasteiger partial charge < -0.3 is 4.74 Å². The summed E-state index contributed by atoms with van der Waals surface area (Å²) in [7, 11) is 1.68. The first-order chi connectivity index (χ1) is 6.67. The maximum Gasteiger partial charge on any atom is 0.0916 e. The van der Waals surface area contributed by atoms with Gasteiger partial charge in [-0.2, -0.15) is 17.2 Å². The van der Waals surface area contributed by atoms with E-state index >= 15 is 0 Å². The lowest BCUT2D eigenvalue weighted by Gasteiger charge is -2.38. The van der Waals surface area contributed by atoms with E-state index in [-0.39, 0.29) is 0 Å². The molecule has 14 heavy (non-hydrogen) atoms. The summed E-state index contributed by atoms with van der Waals surface area (Å²) in [5.41, 5.74) is 3.49. The van der Waals surface area contributed by atoms with Gasteiger partial charge in [0.2, 0.25) is 0 Å². The van der Waals surface area contributed by atoms with Gasteiger partial charge >= 0.3 is 0 Å². The van der Waals surface area contributed by atoms with E-state index in [1.54, 1.807) is 7.11 Å². The molecule has 1 saturated heterocycles. The molecule has 0 radical (unpaired) electrons. The Hall–Kier alpha value is 0.230. The second-order valence-corrected chi connectivity index (χ2v) is 5.48. The molecular formula is C10H21NO2S. The average molecular weight is 219 g/mol. The molecule has 1 atom stereocenters. The highest BCUT2D eigenvalue weighted by molar-refractivity contribution is 7.99. The van der Waals surface area contributed by atoms with Gasteiger partial charge in [-0.3, -0.25) is 4.84 Å². The van der Waals surface area contributed by atoms with Crippen molar-refractivity contribution in [1.82, 2.24) is 5.48 Å². The highest BCUT2D eigenvalue weighted by Gasteiger charge is 2.32. The predicted octanol–water partition coefficient (Wildman–Crippen LogP) is 1.69. The van der Waals surface area contributed by atoms with Gasteiger partial charge in [-0.05, 0) is 17.6 Å². The first-order valence-electron chi connectivity index (χ1n) is 5.11. The fourth-order valence-electron chi connectivity index (χ4n) is 1.41. The second kappa shape index (κ2) is 5.95. The number of methoxy groups -OCH3 is 1. The lowest BCUT2D eigenvalue weighted by molar-refractivity contribution is -0.0313. The lowest BCUT2D eigenvalue weighted by Crippen LogP contribution is -2.46. The van der Waals surface area contributed by atoms with Crippen LogP contribution in [0.2, 0.25) is 0 Å². The predicted molar refractivity (Wildman–Crippen MR) is 60.5 cm³/mol. The Morgan fingerprint density at radius 3 is 2.86 bits per heavy atom. The molecule has 0 amide bonds. The van der Waals surface area contributed by atoms with Crippen molar-refractivity contribution < 1.29 is 9.57 Å². The summed E-state index contributed by atoms with van der Waals surface area (Å²) in [6, 6.07) is 0.457. The van der Waals surface area contributed by atoms with Gasteiger partial charge in [0.25, 0.3) is 0 Å². The number of hydrogen-bond donors (Lipinski definition) is 1. The van der Waals surface area contributed by atoms with Gasteiger partial charge in [0.05, 0.1) is 13.2 Å². The van der Waals surface area contributed by atoms with Crippen LogP contribution in [0.25, 0.3) is 0 Å². The summed E-state index contributed by atoms with van der Waals surface area (Å²) < 4.78 is 4.91. The molecule has 3 nitrogen and oxygen atoms in total. The highest BCUT2D eigenvalue weighted by Crippen LogP contribution is 2.33. The Balaban J connectivity index is 2.20. The SMILES string of the molecule is COCCONC1CSCCC1(C)C. The van der Waals surface area contributed by atoms with E-state index in [0.29, 0.717) is 24.7 Å². The maximum atomic E-state index is 5.36. The summed E-state index contributed by atoms with van der Waals surface area (Å²) in [5.74, 6) is 2.41. The van der Waals surface area contributed by atoms with Crippen molar-refractivity contribution in [1.29, 1.82) is 0 Å². The molecule has 0 aromatic carbocycles. The minimum atomic E-state index is 0.346. The molecule has 1 aliphatic heterocycles.